The van der Waals surface area contributed by atoms with Gasteiger partial charge in [0.25, 0.3) is 0 Å². The van der Waals surface area contributed by atoms with Crippen LogP contribution in [0.1, 0.15) is 46.6 Å². The highest BCUT2D eigenvalue weighted by atomic mass is 19.1. The van der Waals surface area contributed by atoms with E-state index in [-0.39, 0.29) is 30.4 Å². The molecule has 1 atom stereocenters. The SMILES string of the molecule is CC#CCOc1cnc(C(=O)Cc2ccc(F)c(C3(C)Cc4cnccc4C(N)=N3)c2)cn1. The number of nitrogens with zero attached hydrogens (tertiary/aromatic N) is 4. The third-order valence-electron chi connectivity index (χ3n) is 5.44. The summed E-state index contributed by atoms with van der Waals surface area (Å²) in [6.07, 6.45) is 6.60. The zero-order valence-corrected chi connectivity index (χ0v) is 18.3. The molecule has 2 aromatic heterocycles. The van der Waals surface area contributed by atoms with E-state index in [1.165, 1.54) is 18.5 Å². The molecule has 2 N–H and O–H groups in total. The molecule has 0 saturated carbocycles. The Kier molecular flexibility index (Phi) is 6.13. The number of amidine groups is 1. The number of fused-ring (bicyclic) bond motifs is 1. The molecule has 1 aliphatic heterocycles. The van der Waals surface area contributed by atoms with Crippen molar-refractivity contribution in [3.63, 3.8) is 0 Å². The Labute approximate surface area is 191 Å². The molecule has 1 aromatic carbocycles. The molecule has 1 unspecified atom stereocenters. The summed E-state index contributed by atoms with van der Waals surface area (Å²) in [7, 11) is 0. The van der Waals surface area contributed by atoms with E-state index in [2.05, 4.69) is 31.8 Å². The molecule has 0 aliphatic carbocycles. The number of aromatic nitrogens is 3. The first kappa shape index (κ1) is 22.1. The summed E-state index contributed by atoms with van der Waals surface area (Å²) >= 11 is 0. The molecule has 0 bridgehead atoms. The van der Waals surface area contributed by atoms with Gasteiger partial charge in [0.1, 0.15) is 17.3 Å². The van der Waals surface area contributed by atoms with Crippen LogP contribution in [-0.2, 0) is 18.4 Å². The average Bonchev–Trinajstić information content (AvgIpc) is 2.81. The van der Waals surface area contributed by atoms with E-state index in [0.29, 0.717) is 23.4 Å². The van der Waals surface area contributed by atoms with Gasteiger partial charge in [0.15, 0.2) is 12.4 Å². The van der Waals surface area contributed by atoms with Gasteiger partial charge in [-0.3, -0.25) is 14.8 Å². The van der Waals surface area contributed by atoms with Crippen molar-refractivity contribution in [2.75, 3.05) is 6.61 Å². The van der Waals surface area contributed by atoms with E-state index >= 15 is 0 Å². The van der Waals surface area contributed by atoms with Gasteiger partial charge in [0.2, 0.25) is 5.88 Å². The molecule has 7 nitrogen and oxygen atoms in total. The third kappa shape index (κ3) is 4.72. The number of pyridine rings is 1. The van der Waals surface area contributed by atoms with E-state index in [9.17, 15) is 9.18 Å². The van der Waals surface area contributed by atoms with Crippen LogP contribution in [0.15, 0.2) is 54.0 Å². The van der Waals surface area contributed by atoms with Gasteiger partial charge < -0.3 is 10.5 Å². The topological polar surface area (TPSA) is 103 Å². The largest absolute Gasteiger partial charge is 0.463 e. The second kappa shape index (κ2) is 9.17. The number of hydrogen-bond donors (Lipinski definition) is 1. The van der Waals surface area contributed by atoms with Crippen molar-refractivity contribution in [2.24, 2.45) is 10.7 Å². The fraction of sp³-hybridized carbons (Fsp3) is 0.240. The molecule has 4 rings (SSSR count). The van der Waals surface area contributed by atoms with Crippen molar-refractivity contribution in [3.8, 4) is 17.7 Å². The molecule has 0 amide bonds. The van der Waals surface area contributed by atoms with Crippen LogP contribution in [0.3, 0.4) is 0 Å². The zero-order valence-electron chi connectivity index (χ0n) is 18.3. The molecule has 1 aliphatic rings. The Morgan fingerprint density at radius 2 is 2.09 bits per heavy atom. The number of benzene rings is 1. The first-order valence-corrected chi connectivity index (χ1v) is 10.3. The summed E-state index contributed by atoms with van der Waals surface area (Å²) in [6, 6.07) is 6.40. The van der Waals surface area contributed by atoms with Crippen LogP contribution >= 0.6 is 0 Å². The number of carbonyl (C=O) groups is 1. The van der Waals surface area contributed by atoms with Crippen molar-refractivity contribution >= 4 is 11.6 Å². The van der Waals surface area contributed by atoms with Crippen molar-refractivity contribution < 1.29 is 13.9 Å². The van der Waals surface area contributed by atoms with Crippen molar-refractivity contribution in [1.82, 2.24) is 15.0 Å². The first-order valence-electron chi connectivity index (χ1n) is 10.3. The standard InChI is InChI=1S/C25H22FN5O2/c1-3-4-9-33-23-15-29-21(14-30-23)22(32)11-16-5-6-20(26)19(10-16)25(2)12-17-13-28-8-7-18(17)24(27)31-25/h5-8,10,13-15H,9,11-12H2,1-2H3,(H2,27,31). The lowest BCUT2D eigenvalue weighted by atomic mass is 9.81. The Balaban J connectivity index is 1.55. The molecule has 33 heavy (non-hydrogen) atoms. The number of hydrogen-bond acceptors (Lipinski definition) is 7. The molecular weight excluding hydrogens is 421 g/mol. The molecule has 3 heterocycles. The number of halogens is 1. The summed E-state index contributed by atoms with van der Waals surface area (Å²) in [5.41, 5.74) is 8.17. The van der Waals surface area contributed by atoms with Crippen molar-refractivity contribution in [2.45, 2.75) is 32.2 Å². The summed E-state index contributed by atoms with van der Waals surface area (Å²) in [6.45, 7) is 3.74. The highest BCUT2D eigenvalue weighted by Crippen LogP contribution is 2.36. The maximum absolute atomic E-state index is 14.9. The lowest BCUT2D eigenvalue weighted by Crippen LogP contribution is -2.34. The predicted octanol–water partition coefficient (Wildman–Crippen LogP) is 3.02. The van der Waals surface area contributed by atoms with Crippen LogP contribution in [0.2, 0.25) is 0 Å². The van der Waals surface area contributed by atoms with Crippen LogP contribution in [0, 0.1) is 17.7 Å². The molecular formula is C25H22FN5O2. The van der Waals surface area contributed by atoms with E-state index < -0.39 is 11.4 Å². The number of Topliss-reactive ketones (excluding diaryl/α,β-unsaturated/α-hetero) is 1. The molecule has 8 heteroatoms. The van der Waals surface area contributed by atoms with Gasteiger partial charge in [-0.15, -0.1) is 5.92 Å². The Hall–Kier alpha value is -4.12. The second-order valence-electron chi connectivity index (χ2n) is 7.85. The fourth-order valence-electron chi connectivity index (χ4n) is 3.80. The molecule has 0 saturated heterocycles. The van der Waals surface area contributed by atoms with E-state index in [0.717, 1.165) is 11.1 Å². The van der Waals surface area contributed by atoms with Gasteiger partial charge in [-0.25, -0.2) is 14.4 Å². The normalized spacial score (nSPS) is 16.8. The maximum Gasteiger partial charge on any atom is 0.233 e. The Morgan fingerprint density at radius 1 is 1.24 bits per heavy atom. The molecule has 3 aromatic rings. The molecule has 0 radical (unpaired) electrons. The number of nitrogens with two attached hydrogens (primary N) is 1. The smallest absolute Gasteiger partial charge is 0.233 e. The highest BCUT2D eigenvalue weighted by molar-refractivity contribution is 6.00. The lowest BCUT2D eigenvalue weighted by molar-refractivity contribution is 0.0987. The highest BCUT2D eigenvalue weighted by Gasteiger charge is 2.34. The molecule has 0 spiro atoms. The number of aliphatic imine (C=N–C) groups is 1. The van der Waals surface area contributed by atoms with Gasteiger partial charge in [-0.05, 0) is 43.2 Å². The number of ketones is 1. The third-order valence-corrected chi connectivity index (χ3v) is 5.44. The van der Waals surface area contributed by atoms with Gasteiger partial charge in [0, 0.05) is 36.4 Å². The van der Waals surface area contributed by atoms with E-state index in [1.54, 1.807) is 37.5 Å². The average molecular weight is 443 g/mol. The second-order valence-corrected chi connectivity index (χ2v) is 7.85. The summed E-state index contributed by atoms with van der Waals surface area (Å²) < 4.78 is 20.2. The van der Waals surface area contributed by atoms with Gasteiger partial charge in [-0.2, -0.15) is 0 Å². The van der Waals surface area contributed by atoms with Crippen LogP contribution in [0.5, 0.6) is 5.88 Å². The quantitative estimate of drug-likeness (QED) is 0.464. The minimum atomic E-state index is -0.913. The summed E-state index contributed by atoms with van der Waals surface area (Å²) in [5.74, 6) is 5.44. The first-order chi connectivity index (χ1) is 15.9. The van der Waals surface area contributed by atoms with Gasteiger partial charge in [-0.1, -0.05) is 12.0 Å². The lowest BCUT2D eigenvalue weighted by Gasteiger charge is -2.32. The monoisotopic (exact) mass is 443 g/mol. The fourth-order valence-corrected chi connectivity index (χ4v) is 3.80. The minimum Gasteiger partial charge on any atom is -0.463 e. The number of rotatable bonds is 6. The van der Waals surface area contributed by atoms with Crippen molar-refractivity contribution in [3.05, 3.63) is 82.8 Å². The minimum absolute atomic E-state index is 0.0386. The number of carbonyl (C=O) groups excluding carboxylic acids is 1. The summed E-state index contributed by atoms with van der Waals surface area (Å²) in [5, 5.41) is 0. The van der Waals surface area contributed by atoms with Gasteiger partial charge >= 0.3 is 0 Å². The zero-order chi connectivity index (χ0) is 23.4. The van der Waals surface area contributed by atoms with Gasteiger partial charge in [0.05, 0.1) is 17.9 Å². The Bertz CT molecular complexity index is 1290. The van der Waals surface area contributed by atoms with Crippen LogP contribution in [0.25, 0.3) is 0 Å². The molecule has 0 fully saturated rings. The molecule has 166 valence electrons. The Morgan fingerprint density at radius 3 is 2.85 bits per heavy atom. The summed E-state index contributed by atoms with van der Waals surface area (Å²) in [4.78, 5) is 29.7. The van der Waals surface area contributed by atoms with Crippen LogP contribution < -0.4 is 10.5 Å². The van der Waals surface area contributed by atoms with E-state index in [1.807, 2.05) is 6.92 Å². The maximum atomic E-state index is 14.9. The van der Waals surface area contributed by atoms with Crippen LogP contribution in [-0.4, -0.2) is 33.2 Å². The van der Waals surface area contributed by atoms with E-state index in [4.69, 9.17) is 10.5 Å². The van der Waals surface area contributed by atoms with Crippen LogP contribution in [0.4, 0.5) is 4.39 Å². The number of ether oxygens (including phenoxy) is 1. The van der Waals surface area contributed by atoms with Crippen molar-refractivity contribution in [1.29, 1.82) is 0 Å². The predicted molar refractivity (Wildman–Crippen MR) is 121 cm³/mol.